The summed E-state index contributed by atoms with van der Waals surface area (Å²) >= 11 is 0. The average molecular weight is 566 g/mol. The van der Waals surface area contributed by atoms with Crippen LogP contribution in [0.25, 0.3) is 11.1 Å². The molecule has 0 radical (unpaired) electrons. The van der Waals surface area contributed by atoms with Crippen LogP contribution < -0.4 is 0 Å². The maximum Gasteiger partial charge on any atom is 0.430 e. The Bertz CT molecular complexity index is 1190. The van der Waals surface area contributed by atoms with E-state index < -0.39 is 23.5 Å². The Morgan fingerprint density at radius 2 is 1.30 bits per heavy atom. The van der Waals surface area contributed by atoms with Gasteiger partial charge in [-0.25, -0.2) is 0 Å². The second kappa shape index (κ2) is 12.3. The molecule has 1 atom stereocenters. The summed E-state index contributed by atoms with van der Waals surface area (Å²) < 4.78 is 79.3. The number of hydrogen-bond donors (Lipinski definition) is 1. The molecule has 1 unspecified atom stereocenters. The van der Waals surface area contributed by atoms with Crippen LogP contribution in [0.3, 0.4) is 0 Å². The third-order valence-electron chi connectivity index (χ3n) is 7.59. The van der Waals surface area contributed by atoms with Crippen LogP contribution in [0.1, 0.15) is 48.9 Å². The monoisotopic (exact) mass is 565 g/mol. The molecule has 0 aliphatic carbocycles. The zero-order chi connectivity index (χ0) is 29.0. The molecule has 0 bridgehead atoms. The first kappa shape index (κ1) is 30.0. The van der Waals surface area contributed by atoms with Crippen molar-refractivity contribution in [1.82, 2.24) is 14.8 Å². The fourth-order valence-electron chi connectivity index (χ4n) is 5.23. The molecule has 0 amide bonds. The molecule has 216 valence electrons. The summed E-state index contributed by atoms with van der Waals surface area (Å²) in [5.41, 5.74) is -2.73. The summed E-state index contributed by atoms with van der Waals surface area (Å²) in [5.74, 6) is 0. The van der Waals surface area contributed by atoms with E-state index in [9.17, 15) is 31.4 Å². The van der Waals surface area contributed by atoms with E-state index in [1.165, 1.54) is 17.7 Å². The number of halogens is 6. The Kier molecular flexibility index (Phi) is 9.22. The molecule has 10 heteroatoms. The Morgan fingerprint density at radius 1 is 0.775 bits per heavy atom. The summed E-state index contributed by atoms with van der Waals surface area (Å²) in [6.45, 7) is 6.76. The van der Waals surface area contributed by atoms with E-state index in [4.69, 9.17) is 0 Å². The summed E-state index contributed by atoms with van der Waals surface area (Å²) in [4.78, 5) is 8.98. The zero-order valence-electron chi connectivity index (χ0n) is 22.2. The quantitative estimate of drug-likeness (QED) is 0.281. The molecule has 1 aromatic heterocycles. The van der Waals surface area contributed by atoms with Crippen LogP contribution in [-0.2, 0) is 12.1 Å². The van der Waals surface area contributed by atoms with E-state index in [-0.39, 0.29) is 6.04 Å². The predicted octanol–water partition coefficient (Wildman–Crippen LogP) is 7.11. The molecule has 1 aliphatic heterocycles. The molecule has 40 heavy (non-hydrogen) atoms. The number of nitrogens with zero attached hydrogens (tertiary/aromatic N) is 3. The first-order valence-corrected chi connectivity index (χ1v) is 13.4. The van der Waals surface area contributed by atoms with E-state index in [0.717, 1.165) is 57.5 Å². The Hall–Kier alpha value is -2.95. The van der Waals surface area contributed by atoms with Gasteiger partial charge in [-0.3, -0.25) is 14.8 Å². The van der Waals surface area contributed by atoms with Gasteiger partial charge in [-0.1, -0.05) is 68.3 Å². The maximum atomic E-state index is 13.2. The average Bonchev–Trinajstić information content (AvgIpc) is 2.93. The molecule has 2 aromatic carbocycles. The molecule has 3 aromatic rings. The van der Waals surface area contributed by atoms with Gasteiger partial charge in [0.25, 0.3) is 5.60 Å². The number of benzene rings is 2. The number of alkyl halides is 6. The number of aliphatic hydroxyl groups is 1. The normalized spacial score (nSPS) is 16.7. The Labute approximate surface area is 230 Å². The lowest BCUT2D eigenvalue weighted by atomic mass is 9.90. The lowest BCUT2D eigenvalue weighted by Crippen LogP contribution is -2.53. The second-order valence-corrected chi connectivity index (χ2v) is 10.2. The summed E-state index contributed by atoms with van der Waals surface area (Å²) in [7, 11) is 0. The molecule has 1 aliphatic rings. The predicted molar refractivity (Wildman–Crippen MR) is 141 cm³/mol. The minimum Gasteiger partial charge on any atom is -0.369 e. The number of hydrogen-bond acceptors (Lipinski definition) is 4. The summed E-state index contributed by atoms with van der Waals surface area (Å²) in [6, 6.07) is 15.6. The molecule has 1 saturated heterocycles. The third-order valence-corrected chi connectivity index (χ3v) is 7.59. The van der Waals surface area contributed by atoms with E-state index in [0.29, 0.717) is 23.3 Å². The first-order chi connectivity index (χ1) is 18.9. The topological polar surface area (TPSA) is 39.6 Å². The van der Waals surface area contributed by atoms with E-state index in [1.54, 1.807) is 12.4 Å². The molecule has 2 heterocycles. The van der Waals surface area contributed by atoms with E-state index >= 15 is 0 Å². The maximum absolute atomic E-state index is 13.2. The van der Waals surface area contributed by atoms with Gasteiger partial charge >= 0.3 is 12.4 Å². The van der Waals surface area contributed by atoms with Crippen molar-refractivity contribution in [1.29, 1.82) is 0 Å². The number of pyridine rings is 1. The second-order valence-electron chi connectivity index (χ2n) is 10.2. The molecule has 1 N–H and O–H groups in total. The van der Waals surface area contributed by atoms with Crippen molar-refractivity contribution in [2.75, 3.05) is 26.2 Å². The van der Waals surface area contributed by atoms with Gasteiger partial charge in [0.2, 0.25) is 0 Å². The largest absolute Gasteiger partial charge is 0.430 e. The van der Waals surface area contributed by atoms with Gasteiger partial charge in [0.15, 0.2) is 0 Å². The highest BCUT2D eigenvalue weighted by Crippen LogP contribution is 2.50. The molecule has 0 saturated carbocycles. The highest BCUT2D eigenvalue weighted by atomic mass is 19.4. The van der Waals surface area contributed by atoms with Crippen LogP contribution in [0.2, 0.25) is 0 Å². The van der Waals surface area contributed by atoms with Crippen molar-refractivity contribution >= 4 is 0 Å². The van der Waals surface area contributed by atoms with Gasteiger partial charge in [0.1, 0.15) is 0 Å². The van der Waals surface area contributed by atoms with Crippen LogP contribution in [0.5, 0.6) is 0 Å². The van der Waals surface area contributed by atoms with Crippen molar-refractivity contribution in [2.45, 2.75) is 56.7 Å². The smallest absolute Gasteiger partial charge is 0.369 e. The van der Waals surface area contributed by atoms with Crippen molar-refractivity contribution in [3.63, 3.8) is 0 Å². The Balaban J connectivity index is 1.47. The Morgan fingerprint density at radius 3 is 1.80 bits per heavy atom. The molecule has 4 rings (SSSR count). The van der Waals surface area contributed by atoms with Gasteiger partial charge in [-0.15, -0.1) is 0 Å². The van der Waals surface area contributed by atoms with Gasteiger partial charge in [0, 0.05) is 56.7 Å². The highest BCUT2D eigenvalue weighted by Gasteiger charge is 2.71. The standard InChI is InChI=1S/C30H33F6N3O/c1-2-3-4-27(39-19-17-38(18-20-39)21-22-13-15-37-16-14-22)25-7-5-23(6-8-25)24-9-11-26(12-10-24)28(40,29(31,32)33)30(34,35)36/h5-16,27,40H,2-4,17-21H2,1H3. The van der Waals surface area contributed by atoms with Crippen molar-refractivity contribution in [3.8, 4) is 11.1 Å². The van der Waals surface area contributed by atoms with Gasteiger partial charge in [0.05, 0.1) is 0 Å². The minimum atomic E-state index is -5.91. The SMILES string of the molecule is CCCCC(c1ccc(-c2ccc(C(O)(C(F)(F)F)C(F)(F)F)cc2)cc1)N1CCN(Cc2ccncc2)CC1. The molecule has 1 fully saturated rings. The van der Waals surface area contributed by atoms with Crippen LogP contribution >= 0.6 is 0 Å². The minimum absolute atomic E-state index is 0.216. The van der Waals surface area contributed by atoms with Crippen molar-refractivity contribution in [3.05, 3.63) is 89.7 Å². The van der Waals surface area contributed by atoms with E-state index in [2.05, 4.69) is 21.7 Å². The van der Waals surface area contributed by atoms with E-state index in [1.807, 2.05) is 36.4 Å². The summed E-state index contributed by atoms with van der Waals surface area (Å²) in [6.07, 6.45) is -5.11. The van der Waals surface area contributed by atoms with Crippen LogP contribution in [0, 0.1) is 0 Å². The lowest BCUT2D eigenvalue weighted by Gasteiger charge is -2.39. The fourth-order valence-corrected chi connectivity index (χ4v) is 5.23. The van der Waals surface area contributed by atoms with Crippen LogP contribution in [-0.4, -0.2) is 58.4 Å². The lowest BCUT2D eigenvalue weighted by molar-refractivity contribution is -0.376. The number of unbranched alkanes of at least 4 members (excludes halogenated alkanes) is 1. The first-order valence-electron chi connectivity index (χ1n) is 13.4. The van der Waals surface area contributed by atoms with Gasteiger partial charge in [-0.2, -0.15) is 26.3 Å². The molecule has 0 spiro atoms. The number of piperazine rings is 1. The number of rotatable bonds is 9. The molecular formula is C30H33F6N3O. The third kappa shape index (κ3) is 6.50. The van der Waals surface area contributed by atoms with Crippen LogP contribution in [0.4, 0.5) is 26.3 Å². The van der Waals surface area contributed by atoms with Gasteiger partial charge in [-0.05, 0) is 40.8 Å². The fraction of sp³-hybridized carbons (Fsp3) is 0.433. The molecular weight excluding hydrogens is 532 g/mol. The van der Waals surface area contributed by atoms with Crippen molar-refractivity contribution < 1.29 is 31.4 Å². The van der Waals surface area contributed by atoms with Crippen LogP contribution in [0.15, 0.2) is 73.1 Å². The molecule has 4 nitrogen and oxygen atoms in total. The zero-order valence-corrected chi connectivity index (χ0v) is 22.2. The van der Waals surface area contributed by atoms with Crippen molar-refractivity contribution in [2.24, 2.45) is 0 Å². The van der Waals surface area contributed by atoms with Gasteiger partial charge < -0.3 is 5.11 Å². The summed E-state index contributed by atoms with van der Waals surface area (Å²) in [5, 5.41) is 9.64. The number of aromatic nitrogens is 1. The highest BCUT2D eigenvalue weighted by molar-refractivity contribution is 5.64.